The van der Waals surface area contributed by atoms with Crippen molar-refractivity contribution in [1.82, 2.24) is 10.3 Å². The van der Waals surface area contributed by atoms with Crippen LogP contribution in [-0.4, -0.2) is 18.1 Å². The molecule has 0 spiro atoms. The van der Waals surface area contributed by atoms with E-state index in [9.17, 15) is 5.26 Å². The van der Waals surface area contributed by atoms with Gasteiger partial charge in [-0.15, -0.1) is 0 Å². The summed E-state index contributed by atoms with van der Waals surface area (Å²) in [5, 5.41) is 13.6. The maximum absolute atomic E-state index is 9.24. The van der Waals surface area contributed by atoms with Gasteiger partial charge in [-0.25, -0.2) is 0 Å². The molecule has 6 heteroatoms. The topological polar surface area (TPSA) is 80.3 Å². The first kappa shape index (κ1) is 21.4. The first-order chi connectivity index (χ1) is 15.8. The summed E-state index contributed by atoms with van der Waals surface area (Å²) < 4.78 is 17.9. The van der Waals surface area contributed by atoms with E-state index >= 15 is 0 Å². The lowest BCUT2D eigenvalue weighted by Crippen LogP contribution is -2.17. The van der Waals surface area contributed by atoms with E-state index in [4.69, 9.17) is 13.9 Å². The zero-order chi connectivity index (χ0) is 22.2. The fraction of sp³-hybridized carbons (Fsp3) is 0.231. The number of benzene rings is 2. The molecule has 2 aromatic carbocycles. The highest BCUT2D eigenvalue weighted by Gasteiger charge is 2.16. The van der Waals surface area contributed by atoms with Gasteiger partial charge in [0.25, 0.3) is 0 Å². The van der Waals surface area contributed by atoms with Crippen molar-refractivity contribution in [2.45, 2.75) is 26.5 Å². The number of rotatable bonds is 10. The minimum atomic E-state index is 0.247. The number of nitriles is 1. The highest BCUT2D eigenvalue weighted by Crippen LogP contribution is 2.34. The third kappa shape index (κ3) is 5.08. The minimum absolute atomic E-state index is 0.247. The summed E-state index contributed by atoms with van der Waals surface area (Å²) in [6.07, 6.45) is 4.53. The average molecular weight is 428 g/mol. The number of hydrogen-bond donors (Lipinski definition) is 1. The minimum Gasteiger partial charge on any atom is -0.493 e. The third-order valence-electron chi connectivity index (χ3n) is 5.19. The number of para-hydroxylation sites is 1. The van der Waals surface area contributed by atoms with Crippen LogP contribution in [0.3, 0.4) is 0 Å². The molecule has 4 rings (SSSR count). The van der Waals surface area contributed by atoms with Crippen molar-refractivity contribution in [1.29, 1.82) is 5.26 Å². The maximum Gasteiger partial charge on any atom is 0.146 e. The predicted molar refractivity (Wildman–Crippen MR) is 122 cm³/mol. The fourth-order valence-electron chi connectivity index (χ4n) is 3.52. The van der Waals surface area contributed by atoms with Crippen LogP contribution in [0.4, 0.5) is 0 Å². The molecule has 162 valence electrons. The monoisotopic (exact) mass is 427 g/mol. The summed E-state index contributed by atoms with van der Waals surface area (Å²) in [6.45, 7) is 4.50. The summed E-state index contributed by atoms with van der Waals surface area (Å²) >= 11 is 0. The molecule has 0 bridgehead atoms. The van der Waals surface area contributed by atoms with Crippen molar-refractivity contribution < 1.29 is 13.9 Å². The summed E-state index contributed by atoms with van der Waals surface area (Å²) in [7, 11) is 0. The Labute approximate surface area is 187 Å². The van der Waals surface area contributed by atoms with Gasteiger partial charge < -0.3 is 19.2 Å². The Morgan fingerprint density at radius 3 is 2.75 bits per heavy atom. The molecule has 0 atom stereocenters. The lowest BCUT2D eigenvalue weighted by molar-refractivity contribution is 0.272. The first-order valence-electron chi connectivity index (χ1n) is 10.6. The van der Waals surface area contributed by atoms with Gasteiger partial charge >= 0.3 is 0 Å². The number of aromatic nitrogens is 1. The molecule has 0 unspecified atom stereocenters. The number of nitrogens with zero attached hydrogens (tertiary/aromatic N) is 2. The molecule has 2 heterocycles. The van der Waals surface area contributed by atoms with Crippen molar-refractivity contribution in [3.63, 3.8) is 0 Å². The van der Waals surface area contributed by atoms with Gasteiger partial charge in [0.1, 0.15) is 35.5 Å². The predicted octanol–water partition coefficient (Wildman–Crippen LogP) is 5.15. The van der Waals surface area contributed by atoms with Gasteiger partial charge in [0.15, 0.2) is 0 Å². The molecule has 0 saturated heterocycles. The number of aryl methyl sites for hydroxylation is 1. The quantitative estimate of drug-likeness (QED) is 0.353. The summed E-state index contributed by atoms with van der Waals surface area (Å²) in [6, 6.07) is 19.1. The molecule has 0 aliphatic rings. The van der Waals surface area contributed by atoms with Crippen molar-refractivity contribution in [2.75, 3.05) is 13.2 Å². The second-order valence-electron chi connectivity index (χ2n) is 7.42. The van der Waals surface area contributed by atoms with Crippen molar-refractivity contribution in [2.24, 2.45) is 0 Å². The molecule has 0 saturated carbocycles. The molecule has 1 N–H and O–H groups in total. The molecule has 32 heavy (non-hydrogen) atoms. The molecular weight excluding hydrogens is 402 g/mol. The Morgan fingerprint density at radius 2 is 1.91 bits per heavy atom. The van der Waals surface area contributed by atoms with Crippen LogP contribution in [0.15, 0.2) is 71.4 Å². The molecular formula is C26H25N3O3. The number of nitrogens with one attached hydrogen (secondary N) is 1. The zero-order valence-corrected chi connectivity index (χ0v) is 18.0. The molecule has 0 fully saturated rings. The fourth-order valence-corrected chi connectivity index (χ4v) is 3.52. The zero-order valence-electron chi connectivity index (χ0n) is 18.0. The van der Waals surface area contributed by atoms with E-state index in [-0.39, 0.29) is 6.61 Å². The van der Waals surface area contributed by atoms with Gasteiger partial charge in [-0.05, 0) is 55.8 Å². The second-order valence-corrected chi connectivity index (χ2v) is 7.42. The van der Waals surface area contributed by atoms with Crippen LogP contribution in [0.5, 0.6) is 11.5 Å². The van der Waals surface area contributed by atoms with E-state index in [1.807, 2.05) is 49.5 Å². The Kier molecular flexibility index (Phi) is 7.01. The lowest BCUT2D eigenvalue weighted by atomic mass is 10.1. The van der Waals surface area contributed by atoms with Crippen LogP contribution in [0.2, 0.25) is 0 Å². The van der Waals surface area contributed by atoms with E-state index < -0.39 is 0 Å². The van der Waals surface area contributed by atoms with E-state index in [1.165, 1.54) is 5.56 Å². The Balaban J connectivity index is 1.35. The largest absolute Gasteiger partial charge is 0.493 e. The van der Waals surface area contributed by atoms with Crippen LogP contribution < -0.4 is 14.8 Å². The summed E-state index contributed by atoms with van der Waals surface area (Å²) in [4.78, 5) is 4.12. The summed E-state index contributed by atoms with van der Waals surface area (Å²) in [5.41, 5.74) is 3.42. The van der Waals surface area contributed by atoms with Crippen molar-refractivity contribution in [3.8, 4) is 17.6 Å². The van der Waals surface area contributed by atoms with Crippen LogP contribution >= 0.6 is 0 Å². The van der Waals surface area contributed by atoms with Crippen LogP contribution in [0, 0.1) is 18.3 Å². The Hall–Kier alpha value is -3.82. The molecule has 0 aliphatic carbocycles. The number of furan rings is 1. The number of fused-ring (bicyclic) bond motifs is 1. The van der Waals surface area contributed by atoms with Gasteiger partial charge in [-0.1, -0.05) is 24.3 Å². The molecule has 0 aliphatic heterocycles. The second kappa shape index (κ2) is 10.5. The van der Waals surface area contributed by atoms with E-state index in [0.29, 0.717) is 17.9 Å². The van der Waals surface area contributed by atoms with E-state index in [1.54, 1.807) is 18.3 Å². The first-order valence-corrected chi connectivity index (χ1v) is 10.6. The average Bonchev–Trinajstić information content (AvgIpc) is 3.17. The smallest absolute Gasteiger partial charge is 0.146 e. The Bertz CT molecular complexity index is 1210. The molecule has 0 radical (unpaired) electrons. The third-order valence-corrected chi connectivity index (χ3v) is 5.19. The molecule has 0 amide bonds. The highest BCUT2D eigenvalue weighted by atomic mass is 16.5. The highest BCUT2D eigenvalue weighted by molar-refractivity contribution is 5.88. The van der Waals surface area contributed by atoms with E-state index in [0.717, 1.165) is 47.6 Å². The van der Waals surface area contributed by atoms with Gasteiger partial charge in [0.2, 0.25) is 0 Å². The number of ether oxygens (including phenoxy) is 2. The van der Waals surface area contributed by atoms with Gasteiger partial charge in [-0.3, -0.25) is 4.98 Å². The molecule has 4 aromatic rings. The SMILES string of the molecule is Cc1c(COc2ccccc2C#N)oc2cccc(OCCCNCc3cccnc3)c12. The van der Waals surface area contributed by atoms with Gasteiger partial charge in [0.05, 0.1) is 17.6 Å². The van der Waals surface area contributed by atoms with Gasteiger partial charge in [0, 0.05) is 24.5 Å². The van der Waals surface area contributed by atoms with Crippen LogP contribution in [0.25, 0.3) is 11.0 Å². The maximum atomic E-state index is 9.24. The van der Waals surface area contributed by atoms with E-state index in [2.05, 4.69) is 22.4 Å². The standard InChI is InChI=1S/C26H25N3O3/c1-19-25(18-31-22-9-3-2-8-21(22)15-27)32-24-11-4-10-23(26(19)24)30-14-6-13-29-17-20-7-5-12-28-16-20/h2-5,7-12,16,29H,6,13-14,17-18H2,1H3. The number of hydrogen-bond acceptors (Lipinski definition) is 6. The molecule has 6 nitrogen and oxygen atoms in total. The van der Waals surface area contributed by atoms with Gasteiger partial charge in [-0.2, -0.15) is 5.26 Å². The van der Waals surface area contributed by atoms with Crippen LogP contribution in [0.1, 0.15) is 28.9 Å². The van der Waals surface area contributed by atoms with Crippen molar-refractivity contribution in [3.05, 3.63) is 89.4 Å². The van der Waals surface area contributed by atoms with Crippen LogP contribution in [-0.2, 0) is 13.2 Å². The lowest BCUT2D eigenvalue weighted by Gasteiger charge is -2.09. The van der Waals surface area contributed by atoms with Crippen molar-refractivity contribution >= 4 is 11.0 Å². The number of pyridine rings is 1. The normalized spacial score (nSPS) is 10.8. The summed E-state index contributed by atoms with van der Waals surface area (Å²) in [5.74, 6) is 2.08. The molecule has 2 aromatic heterocycles. The Morgan fingerprint density at radius 1 is 1.03 bits per heavy atom.